The van der Waals surface area contributed by atoms with Gasteiger partial charge in [0, 0.05) is 30.7 Å². The van der Waals surface area contributed by atoms with Crippen LogP contribution in [0.3, 0.4) is 0 Å². The lowest BCUT2D eigenvalue weighted by Gasteiger charge is -2.12. The van der Waals surface area contributed by atoms with Gasteiger partial charge in [-0.15, -0.1) is 0 Å². The third-order valence-electron chi connectivity index (χ3n) is 6.62. The Hall–Kier alpha value is -4.12. The fraction of sp³-hybridized carbons (Fsp3) is 0.222. The topological polar surface area (TPSA) is 115 Å². The number of nitrogens with one attached hydrogen (secondary N) is 1. The predicted molar refractivity (Wildman–Crippen MR) is 145 cm³/mol. The van der Waals surface area contributed by atoms with Gasteiger partial charge in [-0.25, -0.2) is 23.0 Å². The maximum atomic E-state index is 15.3. The molecule has 2 aromatic carbocycles. The van der Waals surface area contributed by atoms with Crippen molar-refractivity contribution >= 4 is 38.2 Å². The van der Waals surface area contributed by atoms with Crippen molar-refractivity contribution in [3.05, 3.63) is 72.6 Å². The van der Waals surface area contributed by atoms with Crippen LogP contribution in [-0.4, -0.2) is 36.2 Å². The third-order valence-corrected chi connectivity index (χ3v) is 8.98. The standard InChI is InChI=1S/C27H26F2N6O2S/c1-3-21(36)31-14-16-6-8-17(9-7-16)25-22(23-26(30)32-15-33-27(23)35(25)2)18-12-19(28)24(20(29)13-18)34-38(37)10-4-5-11-38/h3,6-9,12-13,15H,1,4-5,10-11,14H2,2H3,(H,31,36)(H2,30,32,33). The van der Waals surface area contributed by atoms with Crippen LogP contribution in [-0.2, 0) is 28.1 Å². The van der Waals surface area contributed by atoms with E-state index in [1.165, 1.54) is 24.5 Å². The SMILES string of the molecule is C=CC(=O)NCc1ccc(-c2c(-c3cc(F)c(N=S4(=O)CCCC4)c(F)c3)c3c(N)ncnc3n2C)cc1. The molecule has 1 saturated heterocycles. The maximum Gasteiger partial charge on any atom is 0.243 e. The van der Waals surface area contributed by atoms with E-state index in [4.69, 9.17) is 5.73 Å². The Morgan fingerprint density at radius 2 is 1.82 bits per heavy atom. The Bertz CT molecular complexity index is 1670. The second kappa shape index (κ2) is 9.97. The number of hydrogen-bond acceptors (Lipinski definition) is 6. The van der Waals surface area contributed by atoms with Gasteiger partial charge in [0.25, 0.3) is 0 Å². The van der Waals surface area contributed by atoms with Crippen molar-refractivity contribution in [3.63, 3.8) is 0 Å². The zero-order valence-electron chi connectivity index (χ0n) is 20.7. The molecule has 0 aliphatic carbocycles. The molecule has 0 bridgehead atoms. The molecule has 38 heavy (non-hydrogen) atoms. The van der Waals surface area contributed by atoms with E-state index in [0.29, 0.717) is 40.3 Å². The van der Waals surface area contributed by atoms with Gasteiger partial charge in [0.1, 0.15) is 23.5 Å². The van der Waals surface area contributed by atoms with E-state index in [-0.39, 0.29) is 17.3 Å². The first-order valence-electron chi connectivity index (χ1n) is 12.0. The average Bonchev–Trinajstić information content (AvgIpc) is 3.47. The van der Waals surface area contributed by atoms with Crippen LogP contribution in [0.15, 0.2) is 59.7 Å². The third kappa shape index (κ3) is 4.65. The summed E-state index contributed by atoms with van der Waals surface area (Å²) in [5, 5.41) is 3.18. The number of carbonyl (C=O) groups is 1. The van der Waals surface area contributed by atoms with E-state index in [1.54, 1.807) is 11.6 Å². The van der Waals surface area contributed by atoms with Crippen molar-refractivity contribution < 1.29 is 17.8 Å². The number of benzene rings is 2. The van der Waals surface area contributed by atoms with Crippen LogP contribution in [0.1, 0.15) is 18.4 Å². The van der Waals surface area contributed by atoms with Gasteiger partial charge in [0.15, 0.2) is 11.6 Å². The van der Waals surface area contributed by atoms with Gasteiger partial charge in [-0.3, -0.25) is 4.79 Å². The summed E-state index contributed by atoms with van der Waals surface area (Å²) in [4.78, 5) is 20.0. The number of nitrogen functional groups attached to an aromatic ring is 1. The van der Waals surface area contributed by atoms with Crippen molar-refractivity contribution in [3.8, 4) is 22.4 Å². The smallest absolute Gasteiger partial charge is 0.243 e. The van der Waals surface area contributed by atoms with E-state index < -0.39 is 27.1 Å². The number of aryl methyl sites for hydroxylation is 1. The molecule has 196 valence electrons. The van der Waals surface area contributed by atoms with Crippen LogP contribution in [0.5, 0.6) is 0 Å². The first-order valence-corrected chi connectivity index (χ1v) is 13.9. The van der Waals surface area contributed by atoms with Crippen molar-refractivity contribution in [1.82, 2.24) is 19.9 Å². The molecule has 8 nitrogen and oxygen atoms in total. The highest BCUT2D eigenvalue weighted by molar-refractivity contribution is 7.93. The fourth-order valence-corrected chi connectivity index (χ4v) is 6.95. The maximum absolute atomic E-state index is 15.3. The number of carbonyl (C=O) groups excluding carboxylic acids is 1. The summed E-state index contributed by atoms with van der Waals surface area (Å²) in [6.07, 6.45) is 3.98. The number of anilines is 1. The molecule has 5 rings (SSSR count). The molecule has 0 unspecified atom stereocenters. The molecule has 0 radical (unpaired) electrons. The van der Waals surface area contributed by atoms with Crippen molar-refractivity contribution in [2.24, 2.45) is 11.4 Å². The monoisotopic (exact) mass is 536 g/mol. The largest absolute Gasteiger partial charge is 0.383 e. The van der Waals surface area contributed by atoms with E-state index in [2.05, 4.69) is 26.2 Å². The van der Waals surface area contributed by atoms with E-state index >= 15 is 8.78 Å². The number of nitrogens with two attached hydrogens (primary N) is 1. The average molecular weight is 537 g/mol. The van der Waals surface area contributed by atoms with Crippen molar-refractivity contribution in [1.29, 1.82) is 0 Å². The van der Waals surface area contributed by atoms with Gasteiger partial charge >= 0.3 is 0 Å². The normalized spacial score (nSPS) is 14.5. The van der Waals surface area contributed by atoms with Gasteiger partial charge < -0.3 is 15.6 Å². The Labute approximate surface area is 218 Å². The van der Waals surface area contributed by atoms with Crippen molar-refractivity contribution in [2.45, 2.75) is 19.4 Å². The Morgan fingerprint density at radius 1 is 1.16 bits per heavy atom. The molecule has 1 aliphatic heterocycles. The molecule has 1 fully saturated rings. The van der Waals surface area contributed by atoms with Crippen LogP contribution >= 0.6 is 0 Å². The molecule has 1 aliphatic rings. The van der Waals surface area contributed by atoms with Crippen LogP contribution in [0, 0.1) is 11.6 Å². The number of fused-ring (bicyclic) bond motifs is 1. The highest BCUT2D eigenvalue weighted by Crippen LogP contribution is 2.43. The number of aromatic nitrogens is 3. The molecular weight excluding hydrogens is 510 g/mol. The summed E-state index contributed by atoms with van der Waals surface area (Å²) in [6.45, 7) is 3.76. The lowest BCUT2D eigenvalue weighted by Crippen LogP contribution is -2.19. The molecule has 11 heteroatoms. The molecule has 3 N–H and O–H groups in total. The number of halogens is 2. The van der Waals surface area contributed by atoms with Gasteiger partial charge in [-0.2, -0.15) is 4.36 Å². The second-order valence-electron chi connectivity index (χ2n) is 9.13. The highest BCUT2D eigenvalue weighted by atomic mass is 32.2. The molecule has 4 aromatic rings. The Kier molecular flexibility index (Phi) is 6.70. The first-order chi connectivity index (χ1) is 18.2. The van der Waals surface area contributed by atoms with Crippen LogP contribution in [0.2, 0.25) is 0 Å². The van der Waals surface area contributed by atoms with E-state index in [1.807, 2.05) is 24.3 Å². The van der Waals surface area contributed by atoms with Gasteiger partial charge in [0.2, 0.25) is 5.91 Å². The summed E-state index contributed by atoms with van der Waals surface area (Å²) in [5.41, 5.74) is 9.12. The zero-order chi connectivity index (χ0) is 27.0. The van der Waals surface area contributed by atoms with Gasteiger partial charge in [-0.1, -0.05) is 30.8 Å². The molecule has 1 amide bonds. The first kappa shape index (κ1) is 25.5. The Balaban J connectivity index is 1.67. The van der Waals surface area contributed by atoms with Crippen LogP contribution in [0.4, 0.5) is 20.3 Å². The number of hydrogen-bond donors (Lipinski definition) is 2. The summed E-state index contributed by atoms with van der Waals surface area (Å²) < 4.78 is 49.3. The fourth-order valence-electron chi connectivity index (χ4n) is 4.75. The van der Waals surface area contributed by atoms with Crippen LogP contribution < -0.4 is 11.1 Å². The highest BCUT2D eigenvalue weighted by Gasteiger charge is 2.25. The van der Waals surface area contributed by atoms with E-state index in [0.717, 1.165) is 24.0 Å². The number of nitrogens with zero attached hydrogens (tertiary/aromatic N) is 4. The molecular formula is C27H26F2N6O2S. The lowest BCUT2D eigenvalue weighted by atomic mass is 9.97. The summed E-state index contributed by atoms with van der Waals surface area (Å²) in [6, 6.07) is 9.75. The summed E-state index contributed by atoms with van der Waals surface area (Å²) in [7, 11) is -0.880. The predicted octanol–water partition coefficient (Wildman–Crippen LogP) is 4.86. The summed E-state index contributed by atoms with van der Waals surface area (Å²) >= 11 is 0. The molecule has 3 heterocycles. The second-order valence-corrected chi connectivity index (χ2v) is 11.7. The number of rotatable bonds is 6. The molecule has 0 saturated carbocycles. The molecule has 0 spiro atoms. The minimum atomic E-state index is -2.66. The zero-order valence-corrected chi connectivity index (χ0v) is 21.5. The quantitative estimate of drug-likeness (QED) is 0.342. The van der Waals surface area contributed by atoms with E-state index in [9.17, 15) is 9.00 Å². The van der Waals surface area contributed by atoms with Gasteiger partial charge in [-0.05, 0) is 47.7 Å². The minimum Gasteiger partial charge on any atom is -0.383 e. The van der Waals surface area contributed by atoms with Crippen molar-refractivity contribution in [2.75, 3.05) is 17.2 Å². The van der Waals surface area contributed by atoms with Crippen LogP contribution in [0.25, 0.3) is 33.4 Å². The molecule has 0 atom stereocenters. The number of amides is 1. The van der Waals surface area contributed by atoms with Gasteiger partial charge in [0.05, 0.1) is 20.8 Å². The lowest BCUT2D eigenvalue weighted by molar-refractivity contribution is -0.116. The Morgan fingerprint density at radius 3 is 2.45 bits per heavy atom. The summed E-state index contributed by atoms with van der Waals surface area (Å²) in [5.74, 6) is -1.25. The minimum absolute atomic E-state index is 0.166. The molecule has 2 aromatic heterocycles.